The molecule has 12 heavy (non-hydrogen) atoms. The average Bonchev–Trinajstić information content (AvgIpc) is 2.10. The number of hydrogen-bond donors (Lipinski definition) is 1. The average molecular weight is 175 g/mol. The molecule has 3 heteroatoms. The Morgan fingerprint density at radius 2 is 1.83 bits per heavy atom. The van der Waals surface area contributed by atoms with E-state index in [0.29, 0.717) is 0 Å². The first-order valence-electron chi connectivity index (χ1n) is 4.69. The van der Waals surface area contributed by atoms with E-state index in [1.807, 2.05) is 0 Å². The molecule has 0 radical (unpaired) electrons. The van der Waals surface area contributed by atoms with Crippen molar-refractivity contribution >= 4 is 0 Å². The molecular formula is C9H21NO2. The van der Waals surface area contributed by atoms with E-state index in [0.717, 1.165) is 45.8 Å². The Bertz CT molecular complexity index is 68.9. The summed E-state index contributed by atoms with van der Waals surface area (Å²) in [6.45, 7) is 6.69. The second-order valence-electron chi connectivity index (χ2n) is 2.67. The second-order valence-corrected chi connectivity index (χ2v) is 2.67. The molecule has 0 spiro atoms. The maximum atomic E-state index is 5.36. The normalized spacial score (nSPS) is 10.5. The molecule has 0 rings (SSSR count). The molecule has 0 saturated heterocycles. The van der Waals surface area contributed by atoms with Crippen LogP contribution in [-0.2, 0) is 9.47 Å². The van der Waals surface area contributed by atoms with Gasteiger partial charge in [-0.1, -0.05) is 6.92 Å². The minimum atomic E-state index is 0.799. The first-order chi connectivity index (χ1) is 5.91. The monoisotopic (exact) mass is 175 g/mol. The predicted molar refractivity (Wildman–Crippen MR) is 50.5 cm³/mol. The molecule has 0 heterocycles. The topological polar surface area (TPSA) is 30.5 Å². The van der Waals surface area contributed by atoms with Gasteiger partial charge in [0.2, 0.25) is 0 Å². The zero-order chi connectivity index (χ0) is 9.07. The molecule has 74 valence electrons. The summed E-state index contributed by atoms with van der Waals surface area (Å²) in [5.41, 5.74) is 0. The molecule has 0 bridgehead atoms. The molecule has 0 fully saturated rings. The summed E-state index contributed by atoms with van der Waals surface area (Å²) >= 11 is 0. The van der Waals surface area contributed by atoms with E-state index in [9.17, 15) is 0 Å². The fourth-order valence-corrected chi connectivity index (χ4v) is 0.883. The van der Waals surface area contributed by atoms with E-state index in [1.54, 1.807) is 7.11 Å². The van der Waals surface area contributed by atoms with Crippen molar-refractivity contribution in [2.45, 2.75) is 19.8 Å². The molecule has 0 aromatic carbocycles. The van der Waals surface area contributed by atoms with Crippen molar-refractivity contribution < 1.29 is 9.47 Å². The summed E-state index contributed by atoms with van der Waals surface area (Å²) < 4.78 is 10.3. The van der Waals surface area contributed by atoms with Crippen molar-refractivity contribution in [3.05, 3.63) is 0 Å². The van der Waals surface area contributed by atoms with Crippen LogP contribution in [0.15, 0.2) is 0 Å². The smallest absolute Gasteiger partial charge is 0.0487 e. The van der Waals surface area contributed by atoms with Gasteiger partial charge in [0, 0.05) is 26.9 Å². The zero-order valence-electron chi connectivity index (χ0n) is 8.27. The van der Waals surface area contributed by atoms with Gasteiger partial charge >= 0.3 is 0 Å². The molecule has 0 aromatic heterocycles. The highest BCUT2D eigenvalue weighted by Gasteiger charge is 1.88. The van der Waals surface area contributed by atoms with Gasteiger partial charge in [0.05, 0.1) is 0 Å². The van der Waals surface area contributed by atoms with Crippen LogP contribution in [0.25, 0.3) is 0 Å². The van der Waals surface area contributed by atoms with Gasteiger partial charge in [0.25, 0.3) is 0 Å². The van der Waals surface area contributed by atoms with Gasteiger partial charge in [-0.3, -0.25) is 0 Å². The van der Waals surface area contributed by atoms with Crippen molar-refractivity contribution in [3.63, 3.8) is 0 Å². The van der Waals surface area contributed by atoms with Gasteiger partial charge in [0.1, 0.15) is 0 Å². The Kier molecular flexibility index (Phi) is 10.8. The van der Waals surface area contributed by atoms with E-state index >= 15 is 0 Å². The van der Waals surface area contributed by atoms with Crippen molar-refractivity contribution in [1.82, 2.24) is 5.32 Å². The molecule has 0 amide bonds. The van der Waals surface area contributed by atoms with E-state index in [4.69, 9.17) is 9.47 Å². The Labute approximate surface area is 75.4 Å². The number of nitrogens with one attached hydrogen (secondary N) is 1. The molecule has 0 saturated carbocycles. The predicted octanol–water partition coefficient (Wildman–Crippen LogP) is 1.04. The van der Waals surface area contributed by atoms with Crippen molar-refractivity contribution in [3.8, 4) is 0 Å². The summed E-state index contributed by atoms with van der Waals surface area (Å²) in [4.78, 5) is 0. The van der Waals surface area contributed by atoms with Crippen LogP contribution in [0.1, 0.15) is 19.8 Å². The molecule has 1 N–H and O–H groups in total. The van der Waals surface area contributed by atoms with Gasteiger partial charge < -0.3 is 14.8 Å². The van der Waals surface area contributed by atoms with Crippen LogP contribution in [0.4, 0.5) is 0 Å². The van der Waals surface area contributed by atoms with Crippen molar-refractivity contribution in [1.29, 1.82) is 0 Å². The Hall–Kier alpha value is -0.120. The molecular weight excluding hydrogens is 154 g/mol. The summed E-state index contributed by atoms with van der Waals surface area (Å²) in [5, 5.41) is 3.25. The summed E-state index contributed by atoms with van der Waals surface area (Å²) in [6, 6.07) is 0. The zero-order valence-corrected chi connectivity index (χ0v) is 8.27. The number of ether oxygens (including phenoxy) is 2. The van der Waals surface area contributed by atoms with Crippen molar-refractivity contribution in [2.75, 3.05) is 40.0 Å². The Morgan fingerprint density at radius 3 is 2.50 bits per heavy atom. The van der Waals surface area contributed by atoms with Crippen LogP contribution in [0.5, 0.6) is 0 Å². The van der Waals surface area contributed by atoms with Crippen LogP contribution in [0.2, 0.25) is 0 Å². The summed E-state index contributed by atoms with van der Waals surface area (Å²) in [7, 11) is 1.71. The van der Waals surface area contributed by atoms with Crippen LogP contribution in [-0.4, -0.2) is 40.0 Å². The standard InChI is InChI=1S/C9H21NO2/c1-3-10-6-4-8-12-9-5-7-11-2/h10H,3-9H2,1-2H3. The van der Waals surface area contributed by atoms with E-state index in [1.165, 1.54) is 0 Å². The molecule has 0 aliphatic heterocycles. The second kappa shape index (κ2) is 10.9. The lowest BCUT2D eigenvalue weighted by Crippen LogP contribution is -2.16. The van der Waals surface area contributed by atoms with Gasteiger partial charge in [-0.25, -0.2) is 0 Å². The van der Waals surface area contributed by atoms with Gasteiger partial charge in [-0.05, 0) is 25.9 Å². The van der Waals surface area contributed by atoms with Crippen LogP contribution >= 0.6 is 0 Å². The van der Waals surface area contributed by atoms with Gasteiger partial charge in [-0.2, -0.15) is 0 Å². The van der Waals surface area contributed by atoms with Gasteiger partial charge in [-0.15, -0.1) is 0 Å². The summed E-state index contributed by atoms with van der Waals surface area (Å²) in [5.74, 6) is 0. The van der Waals surface area contributed by atoms with Crippen LogP contribution < -0.4 is 5.32 Å². The highest BCUT2D eigenvalue weighted by atomic mass is 16.5. The molecule has 0 aliphatic carbocycles. The highest BCUT2D eigenvalue weighted by molar-refractivity contribution is 4.42. The number of rotatable bonds is 9. The third-order valence-corrected chi connectivity index (χ3v) is 1.53. The lowest BCUT2D eigenvalue weighted by Gasteiger charge is -2.03. The molecule has 0 unspecified atom stereocenters. The quantitative estimate of drug-likeness (QED) is 0.531. The highest BCUT2D eigenvalue weighted by Crippen LogP contribution is 1.85. The third kappa shape index (κ3) is 9.88. The minimum Gasteiger partial charge on any atom is -0.385 e. The SMILES string of the molecule is CCNCCCOCCCOC. The first-order valence-corrected chi connectivity index (χ1v) is 4.69. The van der Waals surface area contributed by atoms with E-state index in [2.05, 4.69) is 12.2 Å². The third-order valence-electron chi connectivity index (χ3n) is 1.53. The fraction of sp³-hybridized carbons (Fsp3) is 1.00. The first kappa shape index (κ1) is 11.9. The Morgan fingerprint density at radius 1 is 1.08 bits per heavy atom. The molecule has 3 nitrogen and oxygen atoms in total. The largest absolute Gasteiger partial charge is 0.385 e. The maximum absolute atomic E-state index is 5.36. The maximum Gasteiger partial charge on any atom is 0.0487 e. The lowest BCUT2D eigenvalue weighted by molar-refractivity contribution is 0.101. The Balaban J connectivity index is 2.73. The van der Waals surface area contributed by atoms with Gasteiger partial charge in [0.15, 0.2) is 0 Å². The fourth-order valence-electron chi connectivity index (χ4n) is 0.883. The summed E-state index contributed by atoms with van der Waals surface area (Å²) in [6.07, 6.45) is 2.10. The molecule has 0 aliphatic rings. The lowest BCUT2D eigenvalue weighted by atomic mass is 10.4. The molecule has 0 atom stereocenters. The van der Waals surface area contributed by atoms with E-state index in [-0.39, 0.29) is 0 Å². The van der Waals surface area contributed by atoms with Crippen LogP contribution in [0.3, 0.4) is 0 Å². The van der Waals surface area contributed by atoms with Crippen molar-refractivity contribution in [2.24, 2.45) is 0 Å². The van der Waals surface area contributed by atoms with E-state index < -0.39 is 0 Å². The number of hydrogen-bond acceptors (Lipinski definition) is 3. The van der Waals surface area contributed by atoms with Crippen LogP contribution in [0, 0.1) is 0 Å². The molecule has 0 aromatic rings. The number of methoxy groups -OCH3 is 1. The minimum absolute atomic E-state index is 0.799.